The van der Waals surface area contributed by atoms with Crippen LogP contribution in [0.3, 0.4) is 0 Å². The van der Waals surface area contributed by atoms with E-state index in [4.69, 9.17) is 0 Å². The average Bonchev–Trinajstić information content (AvgIpc) is 2.85. The largest absolute Gasteiger partial charge is 0.103 e. The van der Waals surface area contributed by atoms with Gasteiger partial charge in [-0.15, -0.1) is 6.58 Å². The van der Waals surface area contributed by atoms with Crippen molar-refractivity contribution in [3.63, 3.8) is 0 Å². The van der Waals surface area contributed by atoms with E-state index in [2.05, 4.69) is 56.0 Å². The van der Waals surface area contributed by atoms with Crippen molar-refractivity contribution >= 4 is 0 Å². The Balaban J connectivity index is 1.23. The lowest BCUT2D eigenvalue weighted by Gasteiger charge is -2.35. The summed E-state index contributed by atoms with van der Waals surface area (Å²) in [6.45, 7) is 6.31. The van der Waals surface area contributed by atoms with Crippen LogP contribution < -0.4 is 0 Å². The van der Waals surface area contributed by atoms with Crippen molar-refractivity contribution in [2.45, 2.75) is 109 Å². The van der Waals surface area contributed by atoms with Gasteiger partial charge in [-0.05, 0) is 117 Å². The molecule has 4 rings (SSSR count). The van der Waals surface area contributed by atoms with E-state index in [1.54, 1.807) is 11.1 Å². The van der Waals surface area contributed by atoms with Crippen LogP contribution in [0.15, 0.2) is 49.1 Å². The van der Waals surface area contributed by atoms with Crippen molar-refractivity contribution in [2.24, 2.45) is 23.7 Å². The molecular formula is C31H46. The molecule has 170 valence electrons. The molecule has 2 saturated carbocycles. The first-order valence-electron chi connectivity index (χ1n) is 13.7. The van der Waals surface area contributed by atoms with E-state index >= 15 is 0 Å². The SMILES string of the molecule is C=CC1CCC(c2ccc(C3CCC(C4C=CC(CCCCC)CC4)CC3)cc2)CC1. The normalized spacial score (nSPS) is 33.8. The fourth-order valence-electron chi connectivity index (χ4n) is 6.80. The zero-order valence-corrected chi connectivity index (χ0v) is 20.1. The predicted octanol–water partition coefficient (Wildman–Crippen LogP) is 9.58. The summed E-state index contributed by atoms with van der Waals surface area (Å²) in [7, 11) is 0. The molecule has 0 saturated heterocycles. The minimum absolute atomic E-state index is 0.761. The molecule has 0 bridgehead atoms. The van der Waals surface area contributed by atoms with Gasteiger partial charge in [0.25, 0.3) is 0 Å². The summed E-state index contributed by atoms with van der Waals surface area (Å²) in [4.78, 5) is 0. The van der Waals surface area contributed by atoms with Gasteiger partial charge in [-0.1, -0.05) is 68.7 Å². The first kappa shape index (κ1) is 22.9. The molecule has 0 heteroatoms. The standard InChI is InChI=1S/C31H46/c1-3-5-6-7-25-10-14-27(15-11-25)29-18-22-31(23-19-29)30-20-16-28(17-21-30)26-12-8-24(4-2)9-13-26/h4,10,14,16-17,20-21,24-27,29,31H,2-3,5-9,11-13,15,18-19,22-23H2,1H3. The summed E-state index contributed by atoms with van der Waals surface area (Å²) in [5.41, 5.74) is 3.19. The topological polar surface area (TPSA) is 0 Å². The highest BCUT2D eigenvalue weighted by Gasteiger charge is 2.29. The van der Waals surface area contributed by atoms with Crippen molar-refractivity contribution < 1.29 is 0 Å². The number of benzene rings is 1. The number of hydrogen-bond donors (Lipinski definition) is 0. The Hall–Kier alpha value is -1.30. The molecule has 0 nitrogen and oxygen atoms in total. The second-order valence-electron chi connectivity index (χ2n) is 11.0. The van der Waals surface area contributed by atoms with Crippen LogP contribution in [0.5, 0.6) is 0 Å². The first-order valence-corrected chi connectivity index (χ1v) is 13.7. The molecule has 3 aliphatic carbocycles. The minimum Gasteiger partial charge on any atom is -0.103 e. The molecule has 0 heterocycles. The van der Waals surface area contributed by atoms with E-state index in [0.717, 1.165) is 35.5 Å². The second-order valence-corrected chi connectivity index (χ2v) is 11.0. The molecule has 3 aliphatic rings. The Morgan fingerprint density at radius 1 is 0.742 bits per heavy atom. The third-order valence-electron chi connectivity index (χ3n) is 9.04. The molecule has 1 aromatic rings. The van der Waals surface area contributed by atoms with Crippen molar-refractivity contribution in [1.82, 2.24) is 0 Å². The van der Waals surface area contributed by atoms with Crippen LogP contribution in [-0.2, 0) is 0 Å². The highest BCUT2D eigenvalue weighted by atomic mass is 14.3. The third kappa shape index (κ3) is 6.15. The molecule has 2 fully saturated rings. The van der Waals surface area contributed by atoms with Gasteiger partial charge in [0, 0.05) is 0 Å². The predicted molar refractivity (Wildman–Crippen MR) is 136 cm³/mol. The molecule has 2 atom stereocenters. The molecule has 1 aromatic carbocycles. The van der Waals surface area contributed by atoms with Crippen molar-refractivity contribution in [3.05, 3.63) is 60.2 Å². The summed E-state index contributed by atoms with van der Waals surface area (Å²) in [5, 5.41) is 0. The molecule has 0 aromatic heterocycles. The van der Waals surface area contributed by atoms with Crippen molar-refractivity contribution in [3.8, 4) is 0 Å². The summed E-state index contributed by atoms with van der Waals surface area (Å²) >= 11 is 0. The van der Waals surface area contributed by atoms with Gasteiger partial charge in [0.2, 0.25) is 0 Å². The summed E-state index contributed by atoms with van der Waals surface area (Å²) in [6.07, 6.45) is 26.9. The minimum atomic E-state index is 0.761. The molecule has 31 heavy (non-hydrogen) atoms. The Labute approximate surface area is 192 Å². The van der Waals surface area contributed by atoms with Gasteiger partial charge in [-0.25, -0.2) is 0 Å². The monoisotopic (exact) mass is 418 g/mol. The molecule has 0 aliphatic heterocycles. The highest BCUT2D eigenvalue weighted by Crippen LogP contribution is 2.43. The summed E-state index contributed by atoms with van der Waals surface area (Å²) < 4.78 is 0. The van der Waals surface area contributed by atoms with Crippen LogP contribution in [0.4, 0.5) is 0 Å². The van der Waals surface area contributed by atoms with Crippen LogP contribution in [0, 0.1) is 23.7 Å². The number of hydrogen-bond acceptors (Lipinski definition) is 0. The number of rotatable bonds is 8. The van der Waals surface area contributed by atoms with Gasteiger partial charge >= 0.3 is 0 Å². The van der Waals surface area contributed by atoms with E-state index in [9.17, 15) is 0 Å². The summed E-state index contributed by atoms with van der Waals surface area (Å²) in [6, 6.07) is 9.87. The van der Waals surface area contributed by atoms with Crippen LogP contribution in [0.2, 0.25) is 0 Å². The van der Waals surface area contributed by atoms with Crippen LogP contribution in [0.25, 0.3) is 0 Å². The lowest BCUT2D eigenvalue weighted by Crippen LogP contribution is -2.22. The van der Waals surface area contributed by atoms with E-state index in [0.29, 0.717) is 0 Å². The molecule has 2 unspecified atom stereocenters. The Morgan fingerprint density at radius 2 is 1.35 bits per heavy atom. The van der Waals surface area contributed by atoms with E-state index in [-0.39, 0.29) is 0 Å². The van der Waals surface area contributed by atoms with Gasteiger partial charge < -0.3 is 0 Å². The molecular weight excluding hydrogens is 372 g/mol. The van der Waals surface area contributed by atoms with Gasteiger partial charge in [0.1, 0.15) is 0 Å². The van der Waals surface area contributed by atoms with Crippen LogP contribution >= 0.6 is 0 Å². The third-order valence-corrected chi connectivity index (χ3v) is 9.04. The highest BCUT2D eigenvalue weighted by molar-refractivity contribution is 5.28. The Bertz CT molecular complexity index is 679. The zero-order chi connectivity index (χ0) is 21.5. The van der Waals surface area contributed by atoms with Crippen molar-refractivity contribution in [1.29, 1.82) is 0 Å². The van der Waals surface area contributed by atoms with E-state index < -0.39 is 0 Å². The smallest absolute Gasteiger partial charge is 0.0162 e. The Morgan fingerprint density at radius 3 is 1.87 bits per heavy atom. The maximum absolute atomic E-state index is 3.99. The molecule has 0 N–H and O–H groups in total. The maximum atomic E-state index is 3.99. The number of unbranched alkanes of at least 4 members (excludes halogenated alkanes) is 2. The summed E-state index contributed by atoms with van der Waals surface area (Å²) in [5.74, 6) is 5.04. The van der Waals surface area contributed by atoms with Gasteiger partial charge in [-0.3, -0.25) is 0 Å². The number of allylic oxidation sites excluding steroid dienone is 3. The van der Waals surface area contributed by atoms with Gasteiger partial charge in [-0.2, -0.15) is 0 Å². The quantitative estimate of drug-likeness (QED) is 0.291. The fourth-order valence-corrected chi connectivity index (χ4v) is 6.80. The van der Waals surface area contributed by atoms with Crippen LogP contribution in [0.1, 0.15) is 120 Å². The van der Waals surface area contributed by atoms with E-state index in [1.165, 1.54) is 89.9 Å². The second kappa shape index (κ2) is 11.5. The Kier molecular flexibility index (Phi) is 8.51. The maximum Gasteiger partial charge on any atom is -0.0162 e. The lowest BCUT2D eigenvalue weighted by atomic mass is 9.70. The van der Waals surface area contributed by atoms with Gasteiger partial charge in [0.05, 0.1) is 0 Å². The first-order chi connectivity index (χ1) is 15.3. The molecule has 0 radical (unpaired) electrons. The van der Waals surface area contributed by atoms with Gasteiger partial charge in [0.15, 0.2) is 0 Å². The van der Waals surface area contributed by atoms with Crippen molar-refractivity contribution in [2.75, 3.05) is 0 Å². The fraction of sp³-hybridized carbons (Fsp3) is 0.677. The molecule has 0 amide bonds. The zero-order valence-electron chi connectivity index (χ0n) is 20.1. The van der Waals surface area contributed by atoms with E-state index in [1.807, 2.05) is 0 Å². The van der Waals surface area contributed by atoms with Crippen LogP contribution in [-0.4, -0.2) is 0 Å². The molecule has 0 spiro atoms. The lowest BCUT2D eigenvalue weighted by molar-refractivity contribution is 0.239. The average molecular weight is 419 g/mol.